The van der Waals surface area contributed by atoms with Crippen LogP contribution >= 0.6 is 11.3 Å². The van der Waals surface area contributed by atoms with Gasteiger partial charge in [0.25, 0.3) is 0 Å². The fourth-order valence-corrected chi connectivity index (χ4v) is 8.98. The summed E-state index contributed by atoms with van der Waals surface area (Å²) in [5, 5.41) is 7.39. The number of thiophene rings is 1. The molecule has 1 aliphatic rings. The Bertz CT molecular complexity index is 2960. The molecule has 0 saturated heterocycles. The molecule has 10 aromatic rings. The zero-order valence-corrected chi connectivity index (χ0v) is 28.2. The Hall–Kier alpha value is -6.49. The second kappa shape index (κ2) is 11.0. The summed E-state index contributed by atoms with van der Waals surface area (Å²) < 4.78 is 9.06. The van der Waals surface area contributed by atoms with Crippen LogP contribution in [0.3, 0.4) is 0 Å². The molecule has 11 rings (SSSR count). The summed E-state index contributed by atoms with van der Waals surface area (Å²) in [5.41, 5.74) is 9.88. The Labute approximate surface area is 298 Å². The van der Waals surface area contributed by atoms with Crippen molar-refractivity contribution in [3.8, 4) is 45.2 Å². The normalized spacial score (nSPS) is 11.9. The van der Waals surface area contributed by atoms with Crippen LogP contribution in [0.4, 0.5) is 17.1 Å². The molecule has 0 saturated carbocycles. The largest absolute Gasteiger partial charge is 0.435 e. The number of fused-ring (bicyclic) bond motifs is 8. The van der Waals surface area contributed by atoms with E-state index in [1.54, 1.807) is 0 Å². The molecule has 3 nitrogen and oxygen atoms in total. The smallest absolute Gasteiger partial charge is 0.227 e. The standard InChI is InChI=1S/C47H28N2OS/c1-3-10-29(11-4-1)30-18-21-33(22-19-30)49(35-24-25-37-36-14-7-8-17-42(36)51-43(37)28-35)34-23-20-32-26-41-44-38(40(32)27-34)15-9-16-39(44)46-45(41)48-47(50-46)31-12-5-2-6-13-31/h1-28H. The fraction of sp³-hybridized carbons (Fsp3) is 0. The average molecular weight is 669 g/mol. The van der Waals surface area contributed by atoms with Gasteiger partial charge >= 0.3 is 0 Å². The lowest BCUT2D eigenvalue weighted by atomic mass is 9.96. The predicted octanol–water partition coefficient (Wildman–Crippen LogP) is 13.8. The minimum atomic E-state index is 0.656. The molecule has 0 spiro atoms. The molecule has 8 aromatic carbocycles. The van der Waals surface area contributed by atoms with Gasteiger partial charge < -0.3 is 9.32 Å². The molecule has 1 aliphatic carbocycles. The van der Waals surface area contributed by atoms with Crippen LogP contribution in [0, 0.1) is 0 Å². The van der Waals surface area contributed by atoms with E-state index in [9.17, 15) is 0 Å². The van der Waals surface area contributed by atoms with Gasteiger partial charge in [-0.15, -0.1) is 11.3 Å². The molecule has 0 radical (unpaired) electrons. The zero-order valence-electron chi connectivity index (χ0n) is 27.4. The maximum Gasteiger partial charge on any atom is 0.227 e. The first-order valence-corrected chi connectivity index (χ1v) is 18.0. The second-order valence-corrected chi connectivity index (χ2v) is 14.2. The number of benzene rings is 8. The summed E-state index contributed by atoms with van der Waals surface area (Å²) in [6.07, 6.45) is 0. The highest BCUT2D eigenvalue weighted by molar-refractivity contribution is 7.25. The Balaban J connectivity index is 1.09. The molecule has 238 valence electrons. The molecule has 0 unspecified atom stereocenters. The van der Waals surface area contributed by atoms with E-state index in [4.69, 9.17) is 9.40 Å². The van der Waals surface area contributed by atoms with E-state index in [0.29, 0.717) is 5.89 Å². The molecule has 2 aromatic heterocycles. The lowest BCUT2D eigenvalue weighted by molar-refractivity contribution is 0.590. The zero-order chi connectivity index (χ0) is 33.5. The maximum atomic E-state index is 6.47. The third-order valence-electron chi connectivity index (χ3n) is 10.2. The maximum absolute atomic E-state index is 6.47. The van der Waals surface area contributed by atoms with Crippen molar-refractivity contribution >= 4 is 70.1 Å². The van der Waals surface area contributed by atoms with E-state index in [0.717, 1.165) is 45.2 Å². The first-order chi connectivity index (χ1) is 25.3. The summed E-state index contributed by atoms with van der Waals surface area (Å²) >= 11 is 1.85. The van der Waals surface area contributed by atoms with Crippen molar-refractivity contribution in [2.24, 2.45) is 0 Å². The fourth-order valence-electron chi connectivity index (χ4n) is 7.84. The van der Waals surface area contributed by atoms with Gasteiger partial charge in [0.2, 0.25) is 5.89 Å². The summed E-state index contributed by atoms with van der Waals surface area (Å²) in [5.74, 6) is 1.50. The van der Waals surface area contributed by atoms with E-state index < -0.39 is 0 Å². The molecule has 0 fully saturated rings. The van der Waals surface area contributed by atoms with Gasteiger partial charge in [-0.3, -0.25) is 0 Å². The molecular weight excluding hydrogens is 641 g/mol. The molecule has 51 heavy (non-hydrogen) atoms. The minimum absolute atomic E-state index is 0.656. The quantitative estimate of drug-likeness (QED) is 0.171. The lowest BCUT2D eigenvalue weighted by Gasteiger charge is -2.26. The summed E-state index contributed by atoms with van der Waals surface area (Å²) in [7, 11) is 0. The van der Waals surface area contributed by atoms with E-state index in [2.05, 4.69) is 144 Å². The Morgan fingerprint density at radius 3 is 1.96 bits per heavy atom. The van der Waals surface area contributed by atoms with Crippen LogP contribution < -0.4 is 4.90 Å². The number of hydrogen-bond acceptors (Lipinski definition) is 4. The topological polar surface area (TPSA) is 29.3 Å². The first-order valence-electron chi connectivity index (χ1n) is 17.2. The Morgan fingerprint density at radius 2 is 1.12 bits per heavy atom. The van der Waals surface area contributed by atoms with Crippen molar-refractivity contribution in [3.63, 3.8) is 0 Å². The third kappa shape index (κ3) is 4.40. The minimum Gasteiger partial charge on any atom is -0.435 e. The number of nitrogens with zero attached hydrogens (tertiary/aromatic N) is 2. The number of aromatic nitrogens is 1. The Morgan fingerprint density at radius 1 is 0.451 bits per heavy atom. The van der Waals surface area contributed by atoms with Gasteiger partial charge in [-0.1, -0.05) is 109 Å². The molecular formula is C47H28N2OS. The molecule has 4 heteroatoms. The molecule has 0 aliphatic heterocycles. The molecule has 0 atom stereocenters. The van der Waals surface area contributed by atoms with Gasteiger partial charge in [0.05, 0.1) is 0 Å². The van der Waals surface area contributed by atoms with Crippen molar-refractivity contribution in [3.05, 3.63) is 170 Å². The molecule has 2 heterocycles. The van der Waals surface area contributed by atoms with Crippen molar-refractivity contribution in [2.75, 3.05) is 4.90 Å². The summed E-state index contributed by atoms with van der Waals surface area (Å²) in [6.45, 7) is 0. The predicted molar refractivity (Wildman–Crippen MR) is 214 cm³/mol. The Kier molecular flexibility index (Phi) is 6.12. The van der Waals surface area contributed by atoms with Crippen LogP contribution in [0.25, 0.3) is 86.9 Å². The first kappa shape index (κ1) is 28.4. The highest BCUT2D eigenvalue weighted by atomic mass is 32.1. The van der Waals surface area contributed by atoms with Crippen LogP contribution in [-0.4, -0.2) is 4.98 Å². The van der Waals surface area contributed by atoms with Gasteiger partial charge in [0, 0.05) is 59.3 Å². The van der Waals surface area contributed by atoms with Gasteiger partial charge in [-0.25, -0.2) is 4.98 Å². The SMILES string of the molecule is c1ccc(-c2ccc(N(c3ccc4c(c3)sc3ccccc34)c3ccc4cc5c6c(cccc6c4c3)-c3oc(-c4ccccc4)nc3-5)cc2)cc1. The number of oxazole rings is 1. The van der Waals surface area contributed by atoms with Crippen LogP contribution in [0.2, 0.25) is 0 Å². The second-order valence-electron chi connectivity index (χ2n) is 13.1. The molecule has 0 bridgehead atoms. The summed E-state index contributed by atoms with van der Waals surface area (Å²) in [6, 6.07) is 60.9. The number of rotatable bonds is 5. The van der Waals surface area contributed by atoms with E-state index in [1.807, 2.05) is 41.7 Å². The third-order valence-corrected chi connectivity index (χ3v) is 11.4. The van der Waals surface area contributed by atoms with Gasteiger partial charge in [-0.2, -0.15) is 0 Å². The van der Waals surface area contributed by atoms with Gasteiger partial charge in [-0.05, 0) is 87.9 Å². The molecule has 0 amide bonds. The van der Waals surface area contributed by atoms with Crippen molar-refractivity contribution in [1.82, 2.24) is 4.98 Å². The summed E-state index contributed by atoms with van der Waals surface area (Å²) in [4.78, 5) is 7.42. The lowest BCUT2D eigenvalue weighted by Crippen LogP contribution is -2.09. The van der Waals surface area contributed by atoms with Crippen LogP contribution in [0.5, 0.6) is 0 Å². The van der Waals surface area contributed by atoms with Crippen LogP contribution in [-0.2, 0) is 0 Å². The van der Waals surface area contributed by atoms with E-state index in [-0.39, 0.29) is 0 Å². The van der Waals surface area contributed by atoms with Gasteiger partial charge in [0.15, 0.2) is 5.76 Å². The highest BCUT2D eigenvalue weighted by Crippen LogP contribution is 2.51. The monoisotopic (exact) mass is 668 g/mol. The van der Waals surface area contributed by atoms with E-state index in [1.165, 1.54) is 52.8 Å². The van der Waals surface area contributed by atoms with Gasteiger partial charge in [0.1, 0.15) is 5.69 Å². The van der Waals surface area contributed by atoms with Crippen molar-refractivity contribution in [1.29, 1.82) is 0 Å². The van der Waals surface area contributed by atoms with E-state index >= 15 is 0 Å². The highest BCUT2D eigenvalue weighted by Gasteiger charge is 2.29. The van der Waals surface area contributed by atoms with Crippen molar-refractivity contribution < 1.29 is 4.42 Å². The van der Waals surface area contributed by atoms with Crippen molar-refractivity contribution in [2.45, 2.75) is 0 Å². The molecule has 0 N–H and O–H groups in total. The van der Waals surface area contributed by atoms with Crippen LogP contribution in [0.1, 0.15) is 0 Å². The average Bonchev–Trinajstić information content (AvgIpc) is 3.88. The van der Waals surface area contributed by atoms with Crippen LogP contribution in [0.15, 0.2) is 174 Å². The number of anilines is 3. The number of hydrogen-bond donors (Lipinski definition) is 0.